The van der Waals surface area contributed by atoms with Gasteiger partial charge < -0.3 is 13.9 Å². The van der Waals surface area contributed by atoms with Crippen molar-refractivity contribution in [2.24, 2.45) is 0 Å². The Hall–Kier alpha value is -8.40. The molecule has 296 valence electrons. The number of nitrogens with zero attached hydrogens (tertiary/aromatic N) is 2. The summed E-state index contributed by atoms with van der Waals surface area (Å²) in [6.45, 7) is 0. The first kappa shape index (κ1) is 36.5. The van der Waals surface area contributed by atoms with Crippen molar-refractivity contribution in [1.29, 1.82) is 0 Å². The molecule has 0 unspecified atom stereocenters. The predicted molar refractivity (Wildman–Crippen MR) is 264 cm³/mol. The van der Waals surface area contributed by atoms with Crippen molar-refractivity contribution in [2.75, 3.05) is 4.90 Å². The molecule has 12 aromatic rings. The Labute approximate surface area is 366 Å². The zero-order valence-electron chi connectivity index (χ0n) is 34.4. The van der Waals surface area contributed by atoms with Crippen molar-refractivity contribution in [2.45, 2.75) is 0 Å². The molecule has 3 heteroatoms. The molecule has 0 N–H and O–H groups in total. The Morgan fingerprint density at radius 2 is 0.810 bits per heavy atom. The molecule has 63 heavy (non-hydrogen) atoms. The Kier molecular flexibility index (Phi) is 8.83. The second kappa shape index (κ2) is 15.3. The van der Waals surface area contributed by atoms with Crippen LogP contribution in [0.15, 0.2) is 247 Å². The lowest BCUT2D eigenvalue weighted by atomic mass is 9.95. The lowest BCUT2D eigenvalue weighted by Crippen LogP contribution is -2.10. The van der Waals surface area contributed by atoms with Crippen molar-refractivity contribution in [3.8, 4) is 50.2 Å². The summed E-state index contributed by atoms with van der Waals surface area (Å²) in [5.74, 6) is 0. The maximum atomic E-state index is 6.36. The molecular formula is C60H40N2O. The van der Waals surface area contributed by atoms with E-state index in [1.807, 2.05) is 6.07 Å². The monoisotopic (exact) mass is 804 g/mol. The average molecular weight is 805 g/mol. The van der Waals surface area contributed by atoms with E-state index in [2.05, 4.69) is 246 Å². The minimum atomic E-state index is 0.887. The highest BCUT2D eigenvalue weighted by Gasteiger charge is 2.20. The molecule has 0 saturated carbocycles. The molecule has 3 nitrogen and oxygen atoms in total. The van der Waals surface area contributed by atoms with Gasteiger partial charge in [0.15, 0.2) is 0 Å². The number of fused-ring (bicyclic) bond motifs is 6. The van der Waals surface area contributed by atoms with Crippen LogP contribution in [0.3, 0.4) is 0 Å². The number of hydrogen-bond donors (Lipinski definition) is 0. The van der Waals surface area contributed by atoms with Gasteiger partial charge in [0.1, 0.15) is 11.2 Å². The van der Waals surface area contributed by atoms with Crippen LogP contribution < -0.4 is 4.90 Å². The third-order valence-corrected chi connectivity index (χ3v) is 12.4. The van der Waals surface area contributed by atoms with Gasteiger partial charge in [-0.25, -0.2) is 0 Å². The molecule has 10 aromatic carbocycles. The Balaban J connectivity index is 0.968. The molecule has 0 bridgehead atoms. The number of rotatable bonds is 8. The molecule has 0 saturated heterocycles. The third kappa shape index (κ3) is 6.38. The van der Waals surface area contributed by atoms with Crippen LogP contribution in [0.4, 0.5) is 17.1 Å². The average Bonchev–Trinajstić information content (AvgIpc) is 3.92. The van der Waals surface area contributed by atoms with E-state index in [1.54, 1.807) is 0 Å². The van der Waals surface area contributed by atoms with E-state index in [0.29, 0.717) is 0 Å². The van der Waals surface area contributed by atoms with Gasteiger partial charge in [0.25, 0.3) is 0 Å². The van der Waals surface area contributed by atoms with Gasteiger partial charge in [-0.15, -0.1) is 0 Å². The van der Waals surface area contributed by atoms with Crippen molar-refractivity contribution in [3.05, 3.63) is 243 Å². The fraction of sp³-hybridized carbons (Fsp3) is 0. The second-order valence-corrected chi connectivity index (χ2v) is 16.1. The van der Waals surface area contributed by atoms with E-state index in [-0.39, 0.29) is 0 Å². The predicted octanol–water partition coefficient (Wildman–Crippen LogP) is 16.8. The molecule has 0 aliphatic rings. The zero-order chi connectivity index (χ0) is 41.7. The zero-order valence-corrected chi connectivity index (χ0v) is 34.4. The SMILES string of the molecule is c1ccc(-c2ccc(N(c3ccc(-c4ccccc4)cc3)c3cccc(-c4cccc(-c5cccc6c5c5ccccc5n6-c5cccc6oc7ccccc7c56)c4)c3)cc2)cc1. The molecular weight excluding hydrogens is 765 g/mol. The molecule has 0 fully saturated rings. The summed E-state index contributed by atoms with van der Waals surface area (Å²) in [6, 6.07) is 87.1. The largest absolute Gasteiger partial charge is 0.456 e. The van der Waals surface area contributed by atoms with Gasteiger partial charge in [0, 0.05) is 33.2 Å². The molecule has 0 radical (unpaired) electrons. The molecule has 0 amide bonds. The second-order valence-electron chi connectivity index (χ2n) is 16.1. The fourth-order valence-electron chi connectivity index (χ4n) is 9.47. The van der Waals surface area contributed by atoms with Crippen molar-refractivity contribution in [1.82, 2.24) is 4.57 Å². The summed E-state index contributed by atoms with van der Waals surface area (Å²) in [5.41, 5.74) is 17.9. The van der Waals surface area contributed by atoms with Crippen LogP contribution in [-0.2, 0) is 0 Å². The Morgan fingerprint density at radius 3 is 1.52 bits per heavy atom. The van der Waals surface area contributed by atoms with Gasteiger partial charge in [-0.2, -0.15) is 0 Å². The van der Waals surface area contributed by atoms with Gasteiger partial charge in [0.05, 0.1) is 22.1 Å². The Bertz CT molecular complexity index is 3520. The maximum absolute atomic E-state index is 6.36. The van der Waals surface area contributed by atoms with Crippen molar-refractivity contribution < 1.29 is 4.42 Å². The number of furan rings is 1. The van der Waals surface area contributed by atoms with Crippen LogP contribution in [0.25, 0.3) is 93.9 Å². The molecule has 0 aliphatic carbocycles. The first-order chi connectivity index (χ1) is 31.2. The van der Waals surface area contributed by atoms with E-state index in [1.165, 1.54) is 44.2 Å². The first-order valence-corrected chi connectivity index (χ1v) is 21.5. The standard InChI is InChI=1S/C60H40N2O/c1-3-15-41(16-4-1)43-31-35-48(36-32-43)61(49-37-33-44(34-38-49)42-17-5-2-6-18-42)50-22-12-20-46(40-50)45-19-11-21-47(39-45)51-25-13-27-55-59(51)52-23-7-9-26-54(52)62(55)56-28-14-30-58-60(56)53-24-8-10-29-57(53)63-58/h1-40H. The van der Waals surface area contributed by atoms with Gasteiger partial charge >= 0.3 is 0 Å². The van der Waals surface area contributed by atoms with Crippen LogP contribution in [0.1, 0.15) is 0 Å². The summed E-state index contributed by atoms with van der Waals surface area (Å²) in [4.78, 5) is 2.36. The molecule has 12 rings (SSSR count). The van der Waals surface area contributed by atoms with Crippen LogP contribution in [0.2, 0.25) is 0 Å². The van der Waals surface area contributed by atoms with Crippen molar-refractivity contribution in [3.63, 3.8) is 0 Å². The van der Waals surface area contributed by atoms with E-state index in [9.17, 15) is 0 Å². The van der Waals surface area contributed by atoms with E-state index >= 15 is 0 Å². The van der Waals surface area contributed by atoms with Crippen LogP contribution in [0, 0.1) is 0 Å². The Morgan fingerprint density at radius 1 is 0.302 bits per heavy atom. The molecule has 0 aliphatic heterocycles. The number of anilines is 3. The van der Waals surface area contributed by atoms with Crippen LogP contribution in [-0.4, -0.2) is 4.57 Å². The number of hydrogen-bond acceptors (Lipinski definition) is 2. The lowest BCUT2D eigenvalue weighted by Gasteiger charge is -2.26. The minimum Gasteiger partial charge on any atom is -0.456 e. The smallest absolute Gasteiger partial charge is 0.137 e. The molecule has 2 heterocycles. The van der Waals surface area contributed by atoms with Gasteiger partial charge in [-0.05, 0) is 117 Å². The minimum absolute atomic E-state index is 0.887. The highest BCUT2D eigenvalue weighted by Crippen LogP contribution is 2.43. The van der Waals surface area contributed by atoms with E-state index < -0.39 is 0 Å². The molecule has 0 atom stereocenters. The lowest BCUT2D eigenvalue weighted by molar-refractivity contribution is 0.669. The normalized spacial score (nSPS) is 11.5. The van der Waals surface area contributed by atoms with Gasteiger partial charge in [-0.3, -0.25) is 0 Å². The summed E-state index contributed by atoms with van der Waals surface area (Å²) in [6.07, 6.45) is 0. The maximum Gasteiger partial charge on any atom is 0.137 e. The highest BCUT2D eigenvalue weighted by molar-refractivity contribution is 6.18. The summed E-state index contributed by atoms with van der Waals surface area (Å²) >= 11 is 0. The molecule has 0 spiro atoms. The number of aromatic nitrogens is 1. The number of para-hydroxylation sites is 2. The van der Waals surface area contributed by atoms with E-state index in [0.717, 1.165) is 66.8 Å². The highest BCUT2D eigenvalue weighted by atomic mass is 16.3. The van der Waals surface area contributed by atoms with Crippen LogP contribution in [0.5, 0.6) is 0 Å². The van der Waals surface area contributed by atoms with Crippen LogP contribution >= 0.6 is 0 Å². The van der Waals surface area contributed by atoms with Gasteiger partial charge in [0.2, 0.25) is 0 Å². The summed E-state index contributed by atoms with van der Waals surface area (Å²) in [5, 5.41) is 4.68. The topological polar surface area (TPSA) is 21.3 Å². The quantitative estimate of drug-likeness (QED) is 0.153. The summed E-state index contributed by atoms with van der Waals surface area (Å²) in [7, 11) is 0. The van der Waals surface area contributed by atoms with Gasteiger partial charge in [-0.1, -0.05) is 170 Å². The third-order valence-electron chi connectivity index (χ3n) is 12.4. The fourth-order valence-corrected chi connectivity index (χ4v) is 9.47. The van der Waals surface area contributed by atoms with Crippen molar-refractivity contribution >= 4 is 60.8 Å². The number of benzene rings is 10. The first-order valence-electron chi connectivity index (χ1n) is 21.5. The van der Waals surface area contributed by atoms with E-state index in [4.69, 9.17) is 4.42 Å². The summed E-state index contributed by atoms with van der Waals surface area (Å²) < 4.78 is 8.78. The molecule has 2 aromatic heterocycles.